The summed E-state index contributed by atoms with van der Waals surface area (Å²) in [6.45, 7) is 0. The highest BCUT2D eigenvalue weighted by Crippen LogP contribution is 2.42. The molecule has 0 aliphatic rings. The van der Waals surface area contributed by atoms with Crippen molar-refractivity contribution in [3.8, 4) is 67.1 Å². The first-order valence-electron chi connectivity index (χ1n) is 25.6. The number of para-hydroxylation sites is 4. The van der Waals surface area contributed by atoms with Crippen LogP contribution in [0, 0.1) is 0 Å². The second-order valence-electron chi connectivity index (χ2n) is 19.2. The molecule has 0 bridgehead atoms. The molecule has 352 valence electrons. The number of nitrogens with zero attached hydrogens (tertiary/aromatic N) is 4. The van der Waals surface area contributed by atoms with Crippen molar-refractivity contribution >= 4 is 60.7 Å². The van der Waals surface area contributed by atoms with Crippen LogP contribution in [0.25, 0.3) is 111 Å². The molecule has 0 spiro atoms. The standard InChI is InChI=1S/C71H48N4/c1-4-16-49(17-5-1)50-27-35-60(36-28-50)73(62-39-31-52(32-40-62)67-24-14-15-43-72-67)61-37-29-51(30-38-61)55-44-56(53-33-41-70-65(47-53)63-22-10-12-25-68(63)74(70)58-18-6-2-7-19-58)46-57(45-55)54-34-42-71-66(48-54)64-23-11-13-26-69(64)75(71)59-20-8-3-9-21-59/h1-48H. The van der Waals surface area contributed by atoms with Crippen molar-refractivity contribution < 1.29 is 0 Å². The van der Waals surface area contributed by atoms with Gasteiger partial charge in [-0.3, -0.25) is 4.98 Å². The van der Waals surface area contributed by atoms with Crippen LogP contribution < -0.4 is 4.90 Å². The van der Waals surface area contributed by atoms with E-state index in [-0.39, 0.29) is 0 Å². The monoisotopic (exact) mass is 956 g/mol. The molecule has 0 aliphatic carbocycles. The molecule has 0 saturated heterocycles. The highest BCUT2D eigenvalue weighted by molar-refractivity contribution is 6.12. The molecule has 3 aromatic heterocycles. The summed E-state index contributed by atoms with van der Waals surface area (Å²) in [5, 5.41) is 4.92. The van der Waals surface area contributed by atoms with E-state index >= 15 is 0 Å². The molecule has 0 radical (unpaired) electrons. The molecule has 0 saturated carbocycles. The van der Waals surface area contributed by atoms with Gasteiger partial charge in [-0.15, -0.1) is 0 Å². The summed E-state index contributed by atoms with van der Waals surface area (Å²) in [5.74, 6) is 0. The number of rotatable bonds is 10. The summed E-state index contributed by atoms with van der Waals surface area (Å²) in [6, 6.07) is 103. The molecule has 0 amide bonds. The third-order valence-electron chi connectivity index (χ3n) is 14.8. The Morgan fingerprint density at radius 1 is 0.240 bits per heavy atom. The van der Waals surface area contributed by atoms with E-state index in [1.807, 2.05) is 18.3 Å². The number of anilines is 3. The first-order valence-corrected chi connectivity index (χ1v) is 25.6. The van der Waals surface area contributed by atoms with E-state index < -0.39 is 0 Å². The van der Waals surface area contributed by atoms with E-state index in [1.165, 1.54) is 65.9 Å². The Bertz CT molecular complexity index is 4090. The summed E-state index contributed by atoms with van der Waals surface area (Å²) in [6.07, 6.45) is 1.85. The zero-order valence-electron chi connectivity index (χ0n) is 41.0. The van der Waals surface area contributed by atoms with Crippen LogP contribution in [0.1, 0.15) is 0 Å². The third-order valence-corrected chi connectivity index (χ3v) is 14.8. The van der Waals surface area contributed by atoms with Crippen molar-refractivity contribution in [1.29, 1.82) is 0 Å². The zero-order chi connectivity index (χ0) is 49.7. The van der Waals surface area contributed by atoms with E-state index in [0.717, 1.165) is 61.9 Å². The normalized spacial score (nSPS) is 11.5. The van der Waals surface area contributed by atoms with Crippen molar-refractivity contribution in [2.75, 3.05) is 4.90 Å². The van der Waals surface area contributed by atoms with Gasteiger partial charge in [-0.1, -0.05) is 158 Å². The van der Waals surface area contributed by atoms with Gasteiger partial charge in [0, 0.05) is 61.7 Å². The number of hydrogen-bond donors (Lipinski definition) is 0. The van der Waals surface area contributed by atoms with E-state index in [2.05, 4.69) is 292 Å². The average Bonchev–Trinajstić information content (AvgIpc) is 4.01. The Morgan fingerprint density at radius 3 is 1.07 bits per heavy atom. The number of fused-ring (bicyclic) bond motifs is 6. The van der Waals surface area contributed by atoms with Gasteiger partial charge in [-0.05, 0) is 172 Å². The highest BCUT2D eigenvalue weighted by atomic mass is 15.1. The summed E-state index contributed by atoms with van der Waals surface area (Å²) in [5.41, 5.74) is 21.6. The van der Waals surface area contributed by atoms with E-state index in [4.69, 9.17) is 0 Å². The Balaban J connectivity index is 0.912. The minimum absolute atomic E-state index is 0.950. The van der Waals surface area contributed by atoms with Gasteiger partial charge in [0.25, 0.3) is 0 Å². The molecule has 14 aromatic rings. The maximum atomic E-state index is 4.63. The first kappa shape index (κ1) is 43.7. The number of aromatic nitrogens is 3. The van der Waals surface area contributed by atoms with Crippen LogP contribution in [0.4, 0.5) is 17.1 Å². The van der Waals surface area contributed by atoms with Gasteiger partial charge in [-0.2, -0.15) is 0 Å². The predicted molar refractivity (Wildman–Crippen MR) is 315 cm³/mol. The van der Waals surface area contributed by atoms with Crippen molar-refractivity contribution in [3.63, 3.8) is 0 Å². The van der Waals surface area contributed by atoms with Crippen LogP contribution in [0.5, 0.6) is 0 Å². The Kier molecular flexibility index (Phi) is 10.8. The lowest BCUT2D eigenvalue weighted by Crippen LogP contribution is -2.09. The fourth-order valence-corrected chi connectivity index (χ4v) is 11.1. The minimum Gasteiger partial charge on any atom is -0.311 e. The zero-order valence-corrected chi connectivity index (χ0v) is 41.0. The molecule has 0 fully saturated rings. The van der Waals surface area contributed by atoms with E-state index in [1.54, 1.807) is 0 Å². The molecular formula is C71H48N4. The maximum absolute atomic E-state index is 4.63. The topological polar surface area (TPSA) is 26.0 Å². The van der Waals surface area contributed by atoms with Gasteiger partial charge in [0.15, 0.2) is 0 Å². The molecule has 0 N–H and O–H groups in total. The summed E-state index contributed by atoms with van der Waals surface area (Å²) in [4.78, 5) is 6.97. The average molecular weight is 957 g/mol. The molecule has 3 heterocycles. The molecule has 75 heavy (non-hydrogen) atoms. The van der Waals surface area contributed by atoms with Gasteiger partial charge in [0.2, 0.25) is 0 Å². The lowest BCUT2D eigenvalue weighted by atomic mass is 9.92. The van der Waals surface area contributed by atoms with Crippen LogP contribution in [-0.2, 0) is 0 Å². The fraction of sp³-hybridized carbons (Fsp3) is 0. The van der Waals surface area contributed by atoms with E-state index in [0.29, 0.717) is 0 Å². The number of pyridine rings is 1. The van der Waals surface area contributed by atoms with Gasteiger partial charge in [0.05, 0.1) is 27.8 Å². The second-order valence-corrected chi connectivity index (χ2v) is 19.2. The molecule has 4 heteroatoms. The summed E-state index contributed by atoms with van der Waals surface area (Å²) < 4.78 is 4.77. The smallest absolute Gasteiger partial charge is 0.0701 e. The Morgan fingerprint density at radius 2 is 0.600 bits per heavy atom. The number of hydrogen-bond acceptors (Lipinski definition) is 2. The van der Waals surface area contributed by atoms with E-state index in [9.17, 15) is 0 Å². The van der Waals surface area contributed by atoms with Gasteiger partial charge >= 0.3 is 0 Å². The quantitative estimate of drug-likeness (QED) is 0.137. The van der Waals surface area contributed by atoms with Crippen molar-refractivity contribution in [2.24, 2.45) is 0 Å². The predicted octanol–water partition coefficient (Wildman–Crippen LogP) is 19.1. The lowest BCUT2D eigenvalue weighted by Gasteiger charge is -2.26. The maximum Gasteiger partial charge on any atom is 0.0701 e. The molecule has 4 nitrogen and oxygen atoms in total. The molecular weight excluding hydrogens is 909 g/mol. The van der Waals surface area contributed by atoms with Crippen LogP contribution in [-0.4, -0.2) is 14.1 Å². The van der Waals surface area contributed by atoms with Gasteiger partial charge < -0.3 is 14.0 Å². The van der Waals surface area contributed by atoms with Crippen LogP contribution in [0.15, 0.2) is 291 Å². The second kappa shape index (κ2) is 18.5. The SMILES string of the molecule is c1ccc(-c2ccc(N(c3ccc(-c4cc(-c5ccc6c(c5)c5ccccc5n6-c5ccccc5)cc(-c5ccc6c(c5)c5ccccc5n6-c5ccccc5)c4)cc3)c3ccc(-c4ccccn4)cc3)cc2)cc1. The van der Waals surface area contributed by atoms with Crippen molar-refractivity contribution in [1.82, 2.24) is 14.1 Å². The Hall–Kier alpha value is -10.0. The molecule has 0 unspecified atom stereocenters. The minimum atomic E-state index is 0.950. The summed E-state index contributed by atoms with van der Waals surface area (Å²) in [7, 11) is 0. The van der Waals surface area contributed by atoms with Crippen molar-refractivity contribution in [3.05, 3.63) is 291 Å². The molecule has 14 rings (SSSR count). The molecule has 0 aliphatic heterocycles. The fourth-order valence-electron chi connectivity index (χ4n) is 11.1. The molecule has 11 aromatic carbocycles. The lowest BCUT2D eigenvalue weighted by molar-refractivity contribution is 1.18. The third kappa shape index (κ3) is 7.93. The van der Waals surface area contributed by atoms with Crippen molar-refractivity contribution in [2.45, 2.75) is 0 Å². The van der Waals surface area contributed by atoms with Crippen LogP contribution in [0.2, 0.25) is 0 Å². The Labute approximate surface area is 435 Å². The number of benzene rings is 11. The molecule has 0 atom stereocenters. The van der Waals surface area contributed by atoms with Gasteiger partial charge in [-0.25, -0.2) is 0 Å². The van der Waals surface area contributed by atoms with Gasteiger partial charge in [0.1, 0.15) is 0 Å². The summed E-state index contributed by atoms with van der Waals surface area (Å²) >= 11 is 0. The highest BCUT2D eigenvalue weighted by Gasteiger charge is 2.19. The largest absolute Gasteiger partial charge is 0.311 e. The van der Waals surface area contributed by atoms with Crippen LogP contribution >= 0.6 is 0 Å². The first-order chi connectivity index (χ1) is 37.2. The van der Waals surface area contributed by atoms with Crippen LogP contribution in [0.3, 0.4) is 0 Å².